The van der Waals surface area contributed by atoms with Crippen LogP contribution in [0.3, 0.4) is 0 Å². The number of unbranched alkanes of at least 4 members (excludes halogenated alkanes) is 1. The molecule has 0 radical (unpaired) electrons. The molecular formula is C19H24N4O6S. The van der Waals surface area contributed by atoms with Crippen LogP contribution in [0, 0.1) is 0 Å². The molecule has 1 aromatic heterocycles. The number of rotatable bonds is 7. The topological polar surface area (TPSA) is 160 Å². The first kappa shape index (κ1) is 21.9. The molecule has 11 heteroatoms. The molecule has 0 unspecified atom stereocenters. The van der Waals surface area contributed by atoms with Crippen molar-refractivity contribution in [2.24, 2.45) is 5.73 Å². The number of carboxylic acid groups (broad SMARTS) is 1. The third-order valence-corrected chi connectivity index (χ3v) is 8.23. The number of nitrogens with zero attached hydrogens (tertiary/aromatic N) is 2. The van der Waals surface area contributed by atoms with Gasteiger partial charge in [0.2, 0.25) is 0 Å². The molecule has 3 heterocycles. The molecular weight excluding hydrogens is 412 g/mol. The van der Waals surface area contributed by atoms with Gasteiger partial charge in [0.15, 0.2) is 21.3 Å². The van der Waals surface area contributed by atoms with Crippen LogP contribution in [0.15, 0.2) is 23.9 Å². The Hall–Kier alpha value is -2.79. The molecule has 4 N–H and O–H groups in total. The lowest BCUT2D eigenvalue weighted by molar-refractivity contribution is -0.152. The van der Waals surface area contributed by atoms with Crippen LogP contribution < -0.4 is 11.1 Å². The lowest BCUT2D eigenvalue weighted by atomic mass is 9.95. The van der Waals surface area contributed by atoms with E-state index < -0.39 is 37.9 Å². The van der Waals surface area contributed by atoms with E-state index in [4.69, 9.17) is 5.73 Å². The number of aliphatic carboxylic acids is 1. The summed E-state index contributed by atoms with van der Waals surface area (Å²) in [5.74, 6) is -2.31. The van der Waals surface area contributed by atoms with Gasteiger partial charge in [-0.3, -0.25) is 14.6 Å². The van der Waals surface area contributed by atoms with Crippen molar-refractivity contribution in [1.29, 1.82) is 0 Å². The Bertz CT molecular complexity index is 1020. The molecule has 3 rings (SSSR count). The maximum absolute atomic E-state index is 12.8. The summed E-state index contributed by atoms with van der Waals surface area (Å²) >= 11 is 0. The van der Waals surface area contributed by atoms with Gasteiger partial charge in [0.1, 0.15) is 4.75 Å². The first-order chi connectivity index (χ1) is 14.0. The van der Waals surface area contributed by atoms with Crippen molar-refractivity contribution in [2.75, 3.05) is 13.1 Å². The summed E-state index contributed by atoms with van der Waals surface area (Å²) in [6.45, 7) is 3.66. The number of nitrogens with one attached hydrogen (secondary N) is 1. The van der Waals surface area contributed by atoms with Crippen LogP contribution in [-0.2, 0) is 19.4 Å². The Morgan fingerprint density at radius 2 is 2.03 bits per heavy atom. The predicted octanol–water partition coefficient (Wildman–Crippen LogP) is -0.238. The van der Waals surface area contributed by atoms with Crippen LogP contribution in [0.5, 0.6) is 0 Å². The van der Waals surface area contributed by atoms with E-state index in [0.29, 0.717) is 24.3 Å². The van der Waals surface area contributed by atoms with E-state index >= 15 is 0 Å². The zero-order valence-electron chi connectivity index (χ0n) is 16.7. The van der Waals surface area contributed by atoms with Crippen molar-refractivity contribution >= 4 is 33.7 Å². The van der Waals surface area contributed by atoms with Crippen molar-refractivity contribution < 1.29 is 27.9 Å². The zero-order valence-corrected chi connectivity index (χ0v) is 17.5. The molecule has 2 saturated heterocycles. The summed E-state index contributed by atoms with van der Waals surface area (Å²) in [6, 6.07) is 1.57. The minimum Gasteiger partial charge on any atom is -0.480 e. The molecule has 2 atom stereocenters. The molecule has 2 fully saturated rings. The van der Waals surface area contributed by atoms with Crippen LogP contribution in [0.1, 0.15) is 42.7 Å². The minimum atomic E-state index is -3.94. The molecule has 2 amide bonds. The fourth-order valence-electron chi connectivity index (χ4n) is 3.70. The number of amides is 2. The van der Waals surface area contributed by atoms with Crippen LogP contribution in [-0.4, -0.2) is 70.4 Å². The lowest BCUT2D eigenvalue weighted by Crippen LogP contribution is -2.58. The third kappa shape index (κ3) is 3.37. The van der Waals surface area contributed by atoms with E-state index in [0.717, 1.165) is 17.7 Å². The van der Waals surface area contributed by atoms with Gasteiger partial charge in [0, 0.05) is 12.7 Å². The Balaban J connectivity index is 1.79. The second-order valence-electron chi connectivity index (χ2n) is 7.78. The maximum atomic E-state index is 12.8. The zero-order chi connectivity index (χ0) is 22.3. The Morgan fingerprint density at radius 1 is 1.33 bits per heavy atom. The Labute approximate surface area is 174 Å². The number of aromatic nitrogens is 1. The van der Waals surface area contributed by atoms with Crippen LogP contribution in [0.25, 0.3) is 6.08 Å². The molecule has 10 nitrogen and oxygen atoms in total. The van der Waals surface area contributed by atoms with Gasteiger partial charge in [-0.25, -0.2) is 13.2 Å². The molecule has 30 heavy (non-hydrogen) atoms. The summed E-state index contributed by atoms with van der Waals surface area (Å²) < 4.78 is 24.1. The third-order valence-electron chi connectivity index (χ3n) is 5.47. The van der Waals surface area contributed by atoms with Crippen molar-refractivity contribution in [3.63, 3.8) is 0 Å². The number of fused-ring (bicyclic) bond motifs is 1. The number of pyridine rings is 1. The van der Waals surface area contributed by atoms with Crippen LogP contribution in [0.2, 0.25) is 0 Å². The van der Waals surface area contributed by atoms with Gasteiger partial charge in [-0.2, -0.15) is 0 Å². The van der Waals surface area contributed by atoms with Gasteiger partial charge < -0.3 is 21.1 Å². The fraction of sp³-hybridized carbons (Fsp3) is 0.474. The van der Waals surface area contributed by atoms with E-state index in [9.17, 15) is 27.9 Å². The van der Waals surface area contributed by atoms with Crippen LogP contribution in [0.4, 0.5) is 0 Å². The minimum absolute atomic E-state index is 0.0293. The number of hydrogen-bond acceptors (Lipinski definition) is 7. The highest BCUT2D eigenvalue weighted by molar-refractivity contribution is 7.94. The van der Waals surface area contributed by atoms with E-state index in [2.05, 4.69) is 10.3 Å². The highest BCUT2D eigenvalue weighted by Gasteiger charge is 2.70. The number of sulfone groups is 1. The van der Waals surface area contributed by atoms with E-state index in [1.54, 1.807) is 0 Å². The highest BCUT2D eigenvalue weighted by atomic mass is 32.2. The van der Waals surface area contributed by atoms with Gasteiger partial charge in [-0.05, 0) is 51.4 Å². The van der Waals surface area contributed by atoms with E-state index in [1.807, 2.05) is 0 Å². The maximum Gasteiger partial charge on any atom is 0.328 e. The summed E-state index contributed by atoms with van der Waals surface area (Å²) in [7, 11) is -3.94. The fourth-order valence-corrected chi connectivity index (χ4v) is 5.82. The van der Waals surface area contributed by atoms with Crippen molar-refractivity contribution in [2.45, 2.75) is 42.9 Å². The average Bonchev–Trinajstić information content (AvgIpc) is 2.83. The smallest absolute Gasteiger partial charge is 0.328 e. The van der Waals surface area contributed by atoms with Gasteiger partial charge >= 0.3 is 5.97 Å². The van der Waals surface area contributed by atoms with E-state index in [-0.39, 0.29) is 11.5 Å². The molecule has 162 valence electrons. The largest absolute Gasteiger partial charge is 0.480 e. The molecule has 0 aliphatic carbocycles. The second-order valence-corrected chi connectivity index (χ2v) is 10.4. The SMILES string of the molecule is CC1(C)[C@H](C(=O)O)N2C(=O)/C(=C/c3ccc(C(=O)NCCCCN)cn3)[C@H]2S1(=O)=O. The average molecular weight is 436 g/mol. The molecule has 2 aliphatic rings. The lowest BCUT2D eigenvalue weighted by Gasteiger charge is -2.37. The molecule has 0 aromatic carbocycles. The first-order valence-electron chi connectivity index (χ1n) is 9.49. The number of carbonyl (C=O) groups excluding carboxylic acids is 2. The Kier molecular flexibility index (Phi) is 5.70. The number of carboxylic acids is 1. The molecule has 0 spiro atoms. The Morgan fingerprint density at radius 3 is 2.60 bits per heavy atom. The van der Waals surface area contributed by atoms with Gasteiger partial charge in [0.05, 0.1) is 16.8 Å². The van der Waals surface area contributed by atoms with Gasteiger partial charge in [0.25, 0.3) is 11.8 Å². The van der Waals surface area contributed by atoms with Crippen molar-refractivity contribution in [3.8, 4) is 0 Å². The normalized spacial score (nSPS) is 25.0. The first-order valence-corrected chi connectivity index (χ1v) is 11.0. The van der Waals surface area contributed by atoms with Crippen molar-refractivity contribution in [1.82, 2.24) is 15.2 Å². The number of hydrogen-bond donors (Lipinski definition) is 3. The molecule has 2 aliphatic heterocycles. The summed E-state index contributed by atoms with van der Waals surface area (Å²) in [4.78, 5) is 41.2. The number of β-lactam (4-membered cyclic amide) rings is 1. The monoisotopic (exact) mass is 436 g/mol. The molecule has 1 aromatic rings. The van der Waals surface area contributed by atoms with E-state index in [1.165, 1.54) is 38.3 Å². The van der Waals surface area contributed by atoms with Crippen LogP contribution >= 0.6 is 0 Å². The summed E-state index contributed by atoms with van der Waals surface area (Å²) in [5, 5.41) is 10.9. The molecule has 0 bridgehead atoms. The second kappa shape index (κ2) is 7.80. The van der Waals surface area contributed by atoms with Gasteiger partial charge in [-0.1, -0.05) is 0 Å². The summed E-state index contributed by atoms with van der Waals surface area (Å²) in [5.41, 5.74) is 6.00. The molecule has 0 saturated carbocycles. The number of carbonyl (C=O) groups is 3. The van der Waals surface area contributed by atoms with Gasteiger partial charge in [-0.15, -0.1) is 0 Å². The standard InChI is InChI=1S/C19H24N4O6S/c1-19(2)14(18(26)27)23-16(25)13(17(23)30(19,28)29)9-12-6-5-11(10-22-12)15(24)21-8-4-3-7-20/h5-6,9-10,14,17H,3-4,7-8,20H2,1-2H3,(H,21,24)(H,26,27)/b13-9-/t14-,17+/m0/s1. The predicted molar refractivity (Wildman–Crippen MR) is 108 cm³/mol. The quantitative estimate of drug-likeness (QED) is 0.300. The number of nitrogens with two attached hydrogens (primary N) is 1. The highest BCUT2D eigenvalue weighted by Crippen LogP contribution is 2.48. The summed E-state index contributed by atoms with van der Waals surface area (Å²) in [6.07, 6.45) is 4.23. The van der Waals surface area contributed by atoms with Crippen molar-refractivity contribution in [3.05, 3.63) is 35.2 Å².